The van der Waals surface area contributed by atoms with Crippen molar-refractivity contribution in [1.29, 1.82) is 0 Å². The molecule has 1 heterocycles. The van der Waals surface area contributed by atoms with E-state index in [1.54, 1.807) is 6.92 Å². The van der Waals surface area contributed by atoms with Crippen molar-refractivity contribution in [1.82, 2.24) is 4.31 Å². The first-order valence-electron chi connectivity index (χ1n) is 6.96. The van der Waals surface area contributed by atoms with Crippen molar-refractivity contribution in [3.05, 3.63) is 23.3 Å². The molecule has 0 aliphatic carbocycles. The molecule has 0 saturated carbocycles. The van der Waals surface area contributed by atoms with Crippen LogP contribution >= 0.6 is 0 Å². The van der Waals surface area contributed by atoms with E-state index in [1.807, 2.05) is 6.92 Å². The lowest BCUT2D eigenvalue weighted by Gasteiger charge is -2.31. The molecule has 1 aromatic rings. The molecule has 0 aromatic heterocycles. The third-order valence-electron chi connectivity index (χ3n) is 3.68. The second kappa shape index (κ2) is 5.92. The lowest BCUT2D eigenvalue weighted by Crippen LogP contribution is -2.44. The van der Waals surface area contributed by atoms with Crippen LogP contribution in [0.3, 0.4) is 0 Å². The number of nitrogens with zero attached hydrogens (tertiary/aromatic N) is 1. The summed E-state index contributed by atoms with van der Waals surface area (Å²) in [4.78, 5) is 0.120. The molecule has 22 heavy (non-hydrogen) atoms. The first-order valence-corrected chi connectivity index (χ1v) is 10.3. The number of rotatable bonds is 3. The fraction of sp³-hybridized carbons (Fsp3) is 0.571. The number of morpholine rings is 1. The molecular formula is C14H21NO5S2. The van der Waals surface area contributed by atoms with Crippen molar-refractivity contribution in [2.45, 2.75) is 36.7 Å². The fourth-order valence-corrected chi connectivity index (χ4v) is 5.55. The van der Waals surface area contributed by atoms with Crippen molar-refractivity contribution in [2.24, 2.45) is 0 Å². The van der Waals surface area contributed by atoms with Crippen molar-refractivity contribution in [3.63, 3.8) is 0 Å². The van der Waals surface area contributed by atoms with Gasteiger partial charge in [-0.3, -0.25) is 0 Å². The maximum absolute atomic E-state index is 12.9. The van der Waals surface area contributed by atoms with Gasteiger partial charge in [-0.15, -0.1) is 0 Å². The molecule has 0 bridgehead atoms. The van der Waals surface area contributed by atoms with E-state index in [0.717, 1.165) is 6.26 Å². The van der Waals surface area contributed by atoms with Gasteiger partial charge in [-0.2, -0.15) is 4.31 Å². The number of hydrogen-bond donors (Lipinski definition) is 0. The van der Waals surface area contributed by atoms with Crippen LogP contribution in [0.15, 0.2) is 21.9 Å². The van der Waals surface area contributed by atoms with Gasteiger partial charge in [-0.05, 0) is 44.0 Å². The van der Waals surface area contributed by atoms with Crippen LogP contribution in [0.1, 0.15) is 18.1 Å². The van der Waals surface area contributed by atoms with Gasteiger partial charge in [0.2, 0.25) is 10.0 Å². The van der Waals surface area contributed by atoms with E-state index < -0.39 is 19.9 Å². The highest BCUT2D eigenvalue weighted by molar-refractivity contribution is 7.91. The Morgan fingerprint density at radius 2 is 1.73 bits per heavy atom. The minimum atomic E-state index is -3.74. The standard InChI is InChI=1S/C14H21NO5S2/c1-10-7-13(21(4,16)17)12(3)14(8-10)22(18,19)15-5-6-20-11(2)9-15/h7-8,11H,5-6,9H2,1-4H3. The zero-order chi connectivity index (χ0) is 16.7. The van der Waals surface area contributed by atoms with Crippen LogP contribution in [0.25, 0.3) is 0 Å². The molecule has 1 aliphatic heterocycles. The average molecular weight is 347 g/mol. The van der Waals surface area contributed by atoms with Gasteiger partial charge in [0.25, 0.3) is 0 Å². The molecule has 124 valence electrons. The third kappa shape index (κ3) is 3.34. The molecule has 0 radical (unpaired) electrons. The largest absolute Gasteiger partial charge is 0.376 e. The Labute approximate surface area is 132 Å². The normalized spacial score (nSPS) is 21.0. The van der Waals surface area contributed by atoms with Crippen LogP contribution in [0, 0.1) is 13.8 Å². The molecule has 2 rings (SSSR count). The summed E-state index contributed by atoms with van der Waals surface area (Å²) in [6.07, 6.45) is 0.908. The Morgan fingerprint density at radius 1 is 1.14 bits per heavy atom. The predicted molar refractivity (Wildman–Crippen MR) is 83.2 cm³/mol. The van der Waals surface area contributed by atoms with E-state index in [1.165, 1.54) is 23.4 Å². The van der Waals surface area contributed by atoms with E-state index in [4.69, 9.17) is 4.74 Å². The van der Waals surface area contributed by atoms with Crippen LogP contribution < -0.4 is 0 Å². The van der Waals surface area contributed by atoms with Gasteiger partial charge >= 0.3 is 0 Å². The van der Waals surface area contributed by atoms with Crippen molar-refractivity contribution in [2.75, 3.05) is 26.0 Å². The molecule has 0 spiro atoms. The summed E-state index contributed by atoms with van der Waals surface area (Å²) < 4.78 is 56.2. The molecule has 1 aliphatic rings. The second-order valence-electron chi connectivity index (χ2n) is 5.70. The predicted octanol–water partition coefficient (Wildman–Crippen LogP) is 1.12. The molecule has 0 N–H and O–H groups in total. The van der Waals surface area contributed by atoms with Crippen LogP contribution in [-0.2, 0) is 24.6 Å². The number of aryl methyl sites for hydroxylation is 1. The number of sulfone groups is 1. The summed E-state index contributed by atoms with van der Waals surface area (Å²) in [5.74, 6) is 0. The average Bonchev–Trinajstić information content (AvgIpc) is 2.39. The molecule has 1 atom stereocenters. The highest BCUT2D eigenvalue weighted by atomic mass is 32.2. The van der Waals surface area contributed by atoms with Crippen LogP contribution in [0.5, 0.6) is 0 Å². The Kier molecular flexibility index (Phi) is 4.68. The second-order valence-corrected chi connectivity index (χ2v) is 9.59. The van der Waals surface area contributed by atoms with Crippen LogP contribution in [0.4, 0.5) is 0 Å². The van der Waals surface area contributed by atoms with Crippen molar-refractivity contribution >= 4 is 19.9 Å². The molecule has 1 aromatic carbocycles. The van der Waals surface area contributed by atoms with E-state index in [2.05, 4.69) is 0 Å². The van der Waals surface area contributed by atoms with Crippen molar-refractivity contribution < 1.29 is 21.6 Å². The summed E-state index contributed by atoms with van der Waals surface area (Å²) >= 11 is 0. The number of benzene rings is 1. The van der Waals surface area contributed by atoms with Gasteiger partial charge < -0.3 is 4.74 Å². The van der Waals surface area contributed by atoms with Crippen LogP contribution in [-0.4, -0.2) is 53.2 Å². The maximum Gasteiger partial charge on any atom is 0.243 e. The summed E-state index contributed by atoms with van der Waals surface area (Å²) in [5.41, 5.74) is 0.873. The zero-order valence-electron chi connectivity index (χ0n) is 13.2. The Hall–Kier alpha value is -0.960. The van der Waals surface area contributed by atoms with Crippen molar-refractivity contribution in [3.8, 4) is 0 Å². The van der Waals surface area contributed by atoms with Gasteiger partial charge in [0.05, 0.1) is 22.5 Å². The van der Waals surface area contributed by atoms with Gasteiger partial charge in [0.1, 0.15) is 0 Å². The molecule has 1 unspecified atom stereocenters. The smallest absolute Gasteiger partial charge is 0.243 e. The number of sulfonamides is 1. The Balaban J connectivity index is 2.59. The topological polar surface area (TPSA) is 80.8 Å². The molecule has 8 heteroatoms. The van der Waals surface area contributed by atoms with E-state index in [0.29, 0.717) is 12.2 Å². The number of hydrogen-bond acceptors (Lipinski definition) is 5. The van der Waals surface area contributed by atoms with E-state index in [-0.39, 0.29) is 34.5 Å². The Bertz CT molecular complexity index is 784. The molecule has 1 fully saturated rings. The molecular weight excluding hydrogens is 326 g/mol. The lowest BCUT2D eigenvalue weighted by molar-refractivity contribution is 0.0101. The highest BCUT2D eigenvalue weighted by Gasteiger charge is 2.31. The van der Waals surface area contributed by atoms with Crippen LogP contribution in [0.2, 0.25) is 0 Å². The van der Waals surface area contributed by atoms with Gasteiger partial charge in [0, 0.05) is 19.3 Å². The van der Waals surface area contributed by atoms with Gasteiger partial charge in [-0.1, -0.05) is 0 Å². The molecule has 0 amide bonds. The Morgan fingerprint density at radius 3 is 2.27 bits per heavy atom. The summed E-state index contributed by atoms with van der Waals surface area (Å²) in [6.45, 7) is 5.91. The van der Waals surface area contributed by atoms with E-state index in [9.17, 15) is 16.8 Å². The SMILES string of the molecule is Cc1cc(S(C)(=O)=O)c(C)c(S(=O)(=O)N2CCOC(C)C2)c1. The zero-order valence-corrected chi connectivity index (χ0v) is 14.8. The highest BCUT2D eigenvalue weighted by Crippen LogP contribution is 2.28. The maximum atomic E-state index is 12.9. The first-order chi connectivity index (χ1) is 10.0. The van der Waals surface area contributed by atoms with Gasteiger partial charge in [-0.25, -0.2) is 16.8 Å². The minimum absolute atomic E-state index is 0.0574. The van der Waals surface area contributed by atoms with E-state index >= 15 is 0 Å². The van der Waals surface area contributed by atoms with Gasteiger partial charge in [0.15, 0.2) is 9.84 Å². The summed E-state index contributed by atoms with van der Waals surface area (Å²) in [5, 5.41) is 0. The lowest BCUT2D eigenvalue weighted by atomic mass is 10.2. The summed E-state index contributed by atoms with van der Waals surface area (Å²) in [6, 6.07) is 3.03. The fourth-order valence-electron chi connectivity index (χ4n) is 2.59. The third-order valence-corrected chi connectivity index (χ3v) is 6.89. The minimum Gasteiger partial charge on any atom is -0.376 e. The molecule has 1 saturated heterocycles. The number of ether oxygens (including phenoxy) is 1. The first kappa shape index (κ1) is 17.4. The summed E-state index contributed by atoms with van der Waals surface area (Å²) in [7, 11) is -7.23. The quantitative estimate of drug-likeness (QED) is 0.818. The monoisotopic (exact) mass is 347 g/mol. The molecule has 6 nitrogen and oxygen atoms in total.